The number of hydrogen-bond donors (Lipinski definition) is 1. The van der Waals surface area contributed by atoms with Crippen LogP contribution in [0, 0.1) is 6.92 Å². The number of thioether (sulfide) groups is 1. The van der Waals surface area contributed by atoms with Crippen LogP contribution >= 0.6 is 11.8 Å². The fraction of sp³-hybridized carbons (Fsp3) is 0.333. The van der Waals surface area contributed by atoms with Crippen molar-refractivity contribution in [2.45, 2.75) is 37.4 Å². The third-order valence-electron chi connectivity index (χ3n) is 5.15. The molecule has 5 heteroatoms. The number of aromatic amines is 1. The molecule has 0 aliphatic heterocycles. The molecule has 4 nitrogen and oxygen atoms in total. The maximum absolute atomic E-state index is 12.8. The van der Waals surface area contributed by atoms with Gasteiger partial charge in [-0.25, -0.2) is 4.98 Å². The van der Waals surface area contributed by atoms with E-state index >= 15 is 0 Å². The van der Waals surface area contributed by atoms with Gasteiger partial charge in [-0.1, -0.05) is 42.1 Å². The van der Waals surface area contributed by atoms with E-state index in [1.54, 1.807) is 0 Å². The molecule has 0 bridgehead atoms. The molecule has 0 saturated carbocycles. The second kappa shape index (κ2) is 7.16. The number of aryl methyl sites for hydroxylation is 2. The van der Waals surface area contributed by atoms with Crippen molar-refractivity contribution in [3.05, 3.63) is 59.2 Å². The summed E-state index contributed by atoms with van der Waals surface area (Å²) in [5.41, 5.74) is 5.85. The summed E-state index contributed by atoms with van der Waals surface area (Å²) in [4.78, 5) is 22.5. The number of H-pyrrole nitrogens is 1. The van der Waals surface area contributed by atoms with Crippen LogP contribution in [0.3, 0.4) is 0 Å². The molecule has 1 aliphatic rings. The highest BCUT2D eigenvalue weighted by atomic mass is 32.2. The highest BCUT2D eigenvalue weighted by Crippen LogP contribution is 2.34. The largest absolute Gasteiger partial charge is 0.338 e. The van der Waals surface area contributed by atoms with E-state index in [4.69, 9.17) is 0 Å². The monoisotopic (exact) mass is 365 g/mol. The Kier molecular flexibility index (Phi) is 4.72. The van der Waals surface area contributed by atoms with E-state index in [1.165, 1.54) is 28.5 Å². The van der Waals surface area contributed by atoms with Crippen LogP contribution in [0.2, 0.25) is 0 Å². The van der Waals surface area contributed by atoms with Crippen LogP contribution in [0.1, 0.15) is 35.6 Å². The predicted molar refractivity (Wildman–Crippen MR) is 106 cm³/mol. The lowest BCUT2D eigenvalue weighted by Crippen LogP contribution is -2.34. The van der Waals surface area contributed by atoms with Crippen molar-refractivity contribution in [1.29, 1.82) is 0 Å². The first kappa shape index (κ1) is 17.2. The lowest BCUT2D eigenvalue weighted by atomic mass is 9.87. The first-order valence-electron chi connectivity index (χ1n) is 9.04. The Hall–Kier alpha value is -2.27. The van der Waals surface area contributed by atoms with E-state index in [2.05, 4.69) is 53.3 Å². The van der Waals surface area contributed by atoms with Gasteiger partial charge in [-0.2, -0.15) is 0 Å². The quantitative estimate of drug-likeness (QED) is 0.693. The van der Waals surface area contributed by atoms with Gasteiger partial charge in [0.25, 0.3) is 0 Å². The first-order valence-corrected chi connectivity index (χ1v) is 10.0. The number of rotatable bonds is 4. The number of nitrogens with zero attached hydrogens (tertiary/aromatic N) is 2. The fourth-order valence-electron chi connectivity index (χ4n) is 3.70. The van der Waals surface area contributed by atoms with Crippen molar-refractivity contribution in [1.82, 2.24) is 14.9 Å². The molecular weight excluding hydrogens is 342 g/mol. The molecule has 26 heavy (non-hydrogen) atoms. The van der Waals surface area contributed by atoms with Crippen LogP contribution in [-0.4, -0.2) is 33.6 Å². The molecule has 0 unspecified atom stereocenters. The summed E-state index contributed by atoms with van der Waals surface area (Å²) in [6.07, 6.45) is 3.28. The molecule has 1 N–H and O–H groups in total. The summed E-state index contributed by atoms with van der Waals surface area (Å²) < 4.78 is 0. The van der Waals surface area contributed by atoms with Crippen LogP contribution < -0.4 is 0 Å². The van der Waals surface area contributed by atoms with E-state index < -0.39 is 0 Å². The number of benzene rings is 2. The molecule has 0 fully saturated rings. The molecule has 2 aromatic carbocycles. The Morgan fingerprint density at radius 2 is 2.15 bits per heavy atom. The van der Waals surface area contributed by atoms with Gasteiger partial charge in [0, 0.05) is 7.05 Å². The van der Waals surface area contributed by atoms with Gasteiger partial charge in [-0.3, -0.25) is 4.79 Å². The molecule has 1 atom stereocenters. The van der Waals surface area contributed by atoms with Crippen LogP contribution in [0.5, 0.6) is 0 Å². The first-order chi connectivity index (χ1) is 12.6. The van der Waals surface area contributed by atoms with Crippen molar-refractivity contribution in [2.75, 3.05) is 12.8 Å². The third kappa shape index (κ3) is 3.36. The smallest absolute Gasteiger partial charge is 0.233 e. The van der Waals surface area contributed by atoms with Gasteiger partial charge in [0.2, 0.25) is 5.91 Å². The SMILES string of the molecule is Cc1ccc2nc(SCC(=O)N(C)[C@H]3CCCc4ccccc43)[nH]c2c1. The molecular formula is C21H23N3OS. The number of carbonyl (C=O) groups excluding carboxylic acids is 1. The predicted octanol–water partition coefficient (Wildman–Crippen LogP) is 4.50. The standard InChI is InChI=1S/C21H23N3OS/c1-14-10-11-17-18(12-14)23-21(22-17)26-13-20(25)24(2)19-9-5-7-15-6-3-4-8-16(15)19/h3-4,6,8,10-12,19H,5,7,9,13H2,1-2H3,(H,22,23)/t19-/m0/s1. The topological polar surface area (TPSA) is 49.0 Å². The Morgan fingerprint density at radius 3 is 3.04 bits per heavy atom. The lowest BCUT2D eigenvalue weighted by Gasteiger charge is -2.33. The minimum Gasteiger partial charge on any atom is -0.338 e. The molecule has 1 aromatic heterocycles. The Bertz CT molecular complexity index is 949. The third-order valence-corrected chi connectivity index (χ3v) is 6.00. The van der Waals surface area contributed by atoms with Crippen LogP contribution in [-0.2, 0) is 11.2 Å². The van der Waals surface area contributed by atoms with Crippen molar-refractivity contribution in [3.63, 3.8) is 0 Å². The number of aromatic nitrogens is 2. The summed E-state index contributed by atoms with van der Waals surface area (Å²) in [5, 5.41) is 0.802. The molecule has 134 valence electrons. The number of amides is 1. The van der Waals surface area contributed by atoms with Gasteiger partial charge in [0.05, 0.1) is 22.8 Å². The molecule has 3 aromatic rings. The van der Waals surface area contributed by atoms with Gasteiger partial charge in [0.15, 0.2) is 5.16 Å². The maximum Gasteiger partial charge on any atom is 0.233 e. The van der Waals surface area contributed by atoms with Crippen molar-refractivity contribution < 1.29 is 4.79 Å². The number of imidazole rings is 1. The van der Waals surface area contributed by atoms with Crippen LogP contribution in [0.4, 0.5) is 0 Å². The van der Waals surface area contributed by atoms with E-state index in [0.29, 0.717) is 5.75 Å². The zero-order valence-electron chi connectivity index (χ0n) is 15.2. The second-order valence-corrected chi connectivity index (χ2v) is 7.93. The van der Waals surface area contributed by atoms with Gasteiger partial charge >= 0.3 is 0 Å². The van der Waals surface area contributed by atoms with Crippen molar-refractivity contribution in [3.8, 4) is 0 Å². The highest BCUT2D eigenvalue weighted by molar-refractivity contribution is 7.99. The Balaban J connectivity index is 1.44. The molecule has 1 amide bonds. The number of carbonyl (C=O) groups is 1. The zero-order chi connectivity index (χ0) is 18.1. The summed E-state index contributed by atoms with van der Waals surface area (Å²) in [5.74, 6) is 0.543. The van der Waals surface area contributed by atoms with E-state index in [1.807, 2.05) is 18.0 Å². The number of fused-ring (bicyclic) bond motifs is 2. The fourth-order valence-corrected chi connectivity index (χ4v) is 4.51. The average molecular weight is 366 g/mol. The number of nitrogens with one attached hydrogen (secondary N) is 1. The van der Waals surface area contributed by atoms with Gasteiger partial charge < -0.3 is 9.88 Å². The van der Waals surface area contributed by atoms with Crippen LogP contribution in [0.25, 0.3) is 11.0 Å². The molecule has 1 aliphatic carbocycles. The highest BCUT2D eigenvalue weighted by Gasteiger charge is 2.26. The summed E-state index contributed by atoms with van der Waals surface area (Å²) in [6, 6.07) is 14.8. The van der Waals surface area contributed by atoms with Crippen LogP contribution in [0.15, 0.2) is 47.6 Å². The average Bonchev–Trinajstić information content (AvgIpc) is 3.07. The molecule has 0 radical (unpaired) electrons. The summed E-state index contributed by atoms with van der Waals surface area (Å²) >= 11 is 1.48. The second-order valence-electron chi connectivity index (χ2n) is 6.96. The molecule has 1 heterocycles. The molecule has 4 rings (SSSR count). The van der Waals surface area contributed by atoms with E-state index in [0.717, 1.165) is 35.5 Å². The Labute approximate surface area is 158 Å². The molecule has 0 spiro atoms. The summed E-state index contributed by atoms with van der Waals surface area (Å²) in [6.45, 7) is 2.06. The minimum absolute atomic E-state index is 0.147. The minimum atomic E-state index is 0.147. The van der Waals surface area contributed by atoms with Crippen molar-refractivity contribution in [2.24, 2.45) is 0 Å². The normalized spacial score (nSPS) is 16.5. The lowest BCUT2D eigenvalue weighted by molar-refractivity contribution is -0.129. The van der Waals surface area contributed by atoms with E-state index in [9.17, 15) is 4.79 Å². The molecule has 0 saturated heterocycles. The van der Waals surface area contributed by atoms with E-state index in [-0.39, 0.29) is 11.9 Å². The summed E-state index contributed by atoms with van der Waals surface area (Å²) in [7, 11) is 1.93. The zero-order valence-corrected chi connectivity index (χ0v) is 16.0. The van der Waals surface area contributed by atoms with Gasteiger partial charge in [0.1, 0.15) is 0 Å². The maximum atomic E-state index is 12.8. The van der Waals surface area contributed by atoms with Gasteiger partial charge in [-0.15, -0.1) is 0 Å². The van der Waals surface area contributed by atoms with Crippen molar-refractivity contribution >= 4 is 28.7 Å². The Morgan fingerprint density at radius 1 is 1.31 bits per heavy atom. The number of hydrogen-bond acceptors (Lipinski definition) is 3. The van der Waals surface area contributed by atoms with Gasteiger partial charge in [-0.05, 0) is 55.0 Å².